The second-order valence-electron chi connectivity index (χ2n) is 9.16. The monoisotopic (exact) mass is 350 g/mol. The van der Waals surface area contributed by atoms with E-state index in [1.54, 1.807) is 0 Å². The van der Waals surface area contributed by atoms with Gasteiger partial charge in [-0.25, -0.2) is 0 Å². The van der Waals surface area contributed by atoms with E-state index >= 15 is 0 Å². The Morgan fingerprint density at radius 1 is 0.875 bits per heavy atom. The number of rotatable bonds is 9. The minimum Gasteiger partial charge on any atom is -0.378 e. The van der Waals surface area contributed by atoms with Crippen molar-refractivity contribution in [2.24, 2.45) is 11.8 Å². The molecule has 0 aromatic carbocycles. The topological polar surface area (TPSA) is 9.23 Å². The first-order valence-electron chi connectivity index (χ1n) is 10.9. The average Bonchev–Trinajstić information content (AvgIpc) is 2.60. The SMILES string of the molecule is CCC=CC[Si](C)(C)CCCOC1CCC(C2CCCCC2)CC1. The van der Waals surface area contributed by atoms with Crippen LogP contribution in [-0.2, 0) is 4.74 Å². The highest BCUT2D eigenvalue weighted by Crippen LogP contribution is 2.38. The van der Waals surface area contributed by atoms with Crippen LogP contribution in [0.25, 0.3) is 0 Å². The van der Waals surface area contributed by atoms with Gasteiger partial charge in [0.15, 0.2) is 0 Å². The molecule has 0 atom stereocenters. The van der Waals surface area contributed by atoms with Gasteiger partial charge in [-0.05, 0) is 56.4 Å². The highest BCUT2D eigenvalue weighted by molar-refractivity contribution is 6.77. The van der Waals surface area contributed by atoms with Gasteiger partial charge in [0.1, 0.15) is 0 Å². The van der Waals surface area contributed by atoms with Crippen molar-refractivity contribution < 1.29 is 4.74 Å². The Hall–Kier alpha value is -0.0831. The van der Waals surface area contributed by atoms with Crippen molar-refractivity contribution in [1.82, 2.24) is 0 Å². The summed E-state index contributed by atoms with van der Waals surface area (Å²) >= 11 is 0. The molecule has 140 valence electrons. The minimum absolute atomic E-state index is 0.578. The molecule has 0 spiro atoms. The van der Waals surface area contributed by atoms with E-state index in [0.29, 0.717) is 6.10 Å². The summed E-state index contributed by atoms with van der Waals surface area (Å²) in [7, 11) is -1.03. The maximum atomic E-state index is 6.24. The van der Waals surface area contributed by atoms with E-state index in [1.807, 2.05) is 0 Å². The van der Waals surface area contributed by atoms with Gasteiger partial charge in [-0.15, -0.1) is 0 Å². The summed E-state index contributed by atoms with van der Waals surface area (Å²) in [6.45, 7) is 8.29. The van der Waals surface area contributed by atoms with Crippen molar-refractivity contribution in [3.63, 3.8) is 0 Å². The molecule has 24 heavy (non-hydrogen) atoms. The lowest BCUT2D eigenvalue weighted by Crippen LogP contribution is -2.28. The molecule has 2 aliphatic rings. The molecule has 0 heterocycles. The van der Waals surface area contributed by atoms with E-state index in [4.69, 9.17) is 4.74 Å². The van der Waals surface area contributed by atoms with E-state index in [9.17, 15) is 0 Å². The molecule has 2 heteroatoms. The van der Waals surface area contributed by atoms with Crippen LogP contribution in [0, 0.1) is 11.8 Å². The molecular weight excluding hydrogens is 308 g/mol. The van der Waals surface area contributed by atoms with E-state index in [1.165, 1.54) is 82.7 Å². The van der Waals surface area contributed by atoms with Gasteiger partial charge in [0.25, 0.3) is 0 Å². The third-order valence-electron chi connectivity index (χ3n) is 6.46. The largest absolute Gasteiger partial charge is 0.378 e. The Labute approximate surface area is 152 Å². The third-order valence-corrected chi connectivity index (χ3v) is 9.51. The molecule has 0 N–H and O–H groups in total. The molecule has 0 aromatic rings. The Balaban J connectivity index is 1.55. The van der Waals surface area contributed by atoms with Crippen molar-refractivity contribution >= 4 is 8.07 Å². The maximum absolute atomic E-state index is 6.24. The summed E-state index contributed by atoms with van der Waals surface area (Å²) in [6, 6.07) is 2.76. The number of hydrogen-bond acceptors (Lipinski definition) is 1. The van der Waals surface area contributed by atoms with Crippen molar-refractivity contribution in [3.8, 4) is 0 Å². The molecule has 0 aliphatic heterocycles. The lowest BCUT2D eigenvalue weighted by molar-refractivity contribution is 0.00864. The minimum atomic E-state index is -1.03. The molecule has 2 aliphatic carbocycles. The van der Waals surface area contributed by atoms with Gasteiger partial charge >= 0.3 is 0 Å². The molecular formula is C22H42OSi. The second-order valence-corrected chi connectivity index (χ2v) is 14.4. The zero-order valence-corrected chi connectivity index (χ0v) is 17.7. The van der Waals surface area contributed by atoms with E-state index in [2.05, 4.69) is 32.2 Å². The number of ether oxygens (including phenoxy) is 1. The normalized spacial score (nSPS) is 27.0. The maximum Gasteiger partial charge on any atom is 0.0575 e. The van der Waals surface area contributed by atoms with Crippen LogP contribution in [0.1, 0.15) is 77.6 Å². The molecule has 0 unspecified atom stereocenters. The molecule has 0 saturated heterocycles. The highest BCUT2D eigenvalue weighted by Gasteiger charge is 2.28. The lowest BCUT2D eigenvalue weighted by atomic mass is 9.73. The van der Waals surface area contributed by atoms with Crippen LogP contribution in [-0.4, -0.2) is 20.8 Å². The Bertz CT molecular complexity index is 349. The summed E-state index contributed by atoms with van der Waals surface area (Å²) in [4.78, 5) is 0. The first-order chi connectivity index (χ1) is 11.6. The van der Waals surface area contributed by atoms with Crippen molar-refractivity contribution in [3.05, 3.63) is 12.2 Å². The fraction of sp³-hybridized carbons (Fsp3) is 0.909. The van der Waals surface area contributed by atoms with Gasteiger partial charge in [0.05, 0.1) is 14.2 Å². The van der Waals surface area contributed by atoms with Gasteiger partial charge in [-0.3, -0.25) is 0 Å². The smallest absolute Gasteiger partial charge is 0.0575 e. The highest BCUT2D eigenvalue weighted by atomic mass is 28.3. The van der Waals surface area contributed by atoms with Crippen LogP contribution >= 0.6 is 0 Å². The van der Waals surface area contributed by atoms with Crippen LogP contribution in [0.5, 0.6) is 0 Å². The molecule has 0 aromatic heterocycles. The predicted molar refractivity (Wildman–Crippen MR) is 109 cm³/mol. The summed E-state index contributed by atoms with van der Waals surface area (Å²) in [5.41, 5.74) is 0. The van der Waals surface area contributed by atoms with Gasteiger partial charge in [0, 0.05) is 6.61 Å². The third kappa shape index (κ3) is 7.43. The molecule has 1 nitrogen and oxygen atoms in total. The summed E-state index contributed by atoms with van der Waals surface area (Å²) in [6.07, 6.45) is 20.8. The zero-order chi connectivity index (χ0) is 17.3. The first-order valence-corrected chi connectivity index (χ1v) is 14.3. The van der Waals surface area contributed by atoms with Crippen LogP contribution in [0.15, 0.2) is 12.2 Å². The van der Waals surface area contributed by atoms with Crippen LogP contribution in [0.4, 0.5) is 0 Å². The van der Waals surface area contributed by atoms with Crippen LogP contribution in [0.3, 0.4) is 0 Å². The van der Waals surface area contributed by atoms with Crippen molar-refractivity contribution in [2.45, 2.75) is 109 Å². The lowest BCUT2D eigenvalue weighted by Gasteiger charge is -2.35. The van der Waals surface area contributed by atoms with E-state index in [0.717, 1.165) is 18.4 Å². The van der Waals surface area contributed by atoms with Gasteiger partial charge in [-0.1, -0.05) is 70.3 Å². The average molecular weight is 351 g/mol. The Kier molecular flexibility index (Phi) is 9.11. The second kappa shape index (κ2) is 10.8. The molecule has 0 radical (unpaired) electrons. The molecule has 0 amide bonds. The molecule has 2 saturated carbocycles. The van der Waals surface area contributed by atoms with Gasteiger partial charge in [-0.2, -0.15) is 0 Å². The number of hydrogen-bond donors (Lipinski definition) is 0. The fourth-order valence-electron chi connectivity index (χ4n) is 4.80. The Morgan fingerprint density at radius 3 is 2.21 bits per heavy atom. The predicted octanol–water partition coefficient (Wildman–Crippen LogP) is 7.21. The van der Waals surface area contributed by atoms with E-state index in [-0.39, 0.29) is 0 Å². The molecule has 2 fully saturated rings. The molecule has 2 rings (SSSR count). The van der Waals surface area contributed by atoms with Gasteiger partial charge < -0.3 is 4.74 Å². The van der Waals surface area contributed by atoms with Gasteiger partial charge in [0.2, 0.25) is 0 Å². The summed E-state index contributed by atoms with van der Waals surface area (Å²) in [5, 5.41) is 0. The van der Waals surface area contributed by atoms with Crippen molar-refractivity contribution in [2.75, 3.05) is 6.61 Å². The van der Waals surface area contributed by atoms with E-state index < -0.39 is 8.07 Å². The zero-order valence-electron chi connectivity index (χ0n) is 16.7. The standard InChI is InChI=1S/C22H42OSi/c1-4-5-9-18-24(2,3)19-10-17-23-22-15-13-21(14-16-22)20-11-7-6-8-12-20/h5,9,20-22H,4,6-8,10-19H2,1-3H3. The first kappa shape index (κ1) is 20.2. The van der Waals surface area contributed by atoms with Crippen molar-refractivity contribution in [1.29, 1.82) is 0 Å². The fourth-order valence-corrected chi connectivity index (χ4v) is 6.91. The van der Waals surface area contributed by atoms with Crippen LogP contribution < -0.4 is 0 Å². The summed E-state index contributed by atoms with van der Waals surface area (Å²) < 4.78 is 6.24. The number of allylic oxidation sites excluding steroid dienone is 2. The summed E-state index contributed by atoms with van der Waals surface area (Å²) in [5.74, 6) is 2.09. The Morgan fingerprint density at radius 2 is 1.54 bits per heavy atom. The quantitative estimate of drug-likeness (QED) is 0.242. The molecule has 0 bridgehead atoms. The van der Waals surface area contributed by atoms with Crippen LogP contribution in [0.2, 0.25) is 25.2 Å².